The molecular formula is C13H25NO4. The smallest absolute Gasteiger partial charge is 0.342 e. The molecule has 0 saturated heterocycles. The van der Waals surface area contributed by atoms with Crippen LogP contribution in [0.5, 0.6) is 0 Å². The molecule has 1 atom stereocenters. The van der Waals surface area contributed by atoms with E-state index in [0.29, 0.717) is 6.42 Å². The summed E-state index contributed by atoms with van der Waals surface area (Å²) in [5.41, 5.74) is 5.19. The molecule has 0 aliphatic rings. The number of unbranched alkanes of at least 4 members (excludes halogenated alkanes) is 6. The first-order valence-corrected chi connectivity index (χ1v) is 6.75. The lowest BCUT2D eigenvalue weighted by Crippen LogP contribution is -2.26. The van der Waals surface area contributed by atoms with E-state index in [1.165, 1.54) is 25.7 Å². The maximum Gasteiger partial charge on any atom is 0.342 e. The predicted octanol–water partition coefficient (Wildman–Crippen LogP) is 2.63. The second-order valence-corrected chi connectivity index (χ2v) is 4.68. The van der Waals surface area contributed by atoms with Crippen LogP contribution >= 0.6 is 0 Å². The Bertz CT molecular complexity index is 243. The van der Waals surface area contributed by atoms with Crippen molar-refractivity contribution in [2.24, 2.45) is 11.7 Å². The lowest BCUT2D eigenvalue weighted by Gasteiger charge is -2.10. The normalized spacial score (nSPS) is 12.1. The number of carbonyl (C=O) groups is 2. The molecule has 0 rings (SSSR count). The minimum atomic E-state index is -0.804. The number of amides is 1. The fourth-order valence-electron chi connectivity index (χ4n) is 1.93. The minimum absolute atomic E-state index is 0.137. The third kappa shape index (κ3) is 8.98. The van der Waals surface area contributed by atoms with E-state index in [1.54, 1.807) is 0 Å². The van der Waals surface area contributed by atoms with Crippen molar-refractivity contribution < 1.29 is 19.7 Å². The number of hydrogen-bond donors (Lipinski definition) is 2. The Morgan fingerprint density at radius 2 is 1.67 bits per heavy atom. The van der Waals surface area contributed by atoms with Crippen LogP contribution in [0.3, 0.4) is 0 Å². The molecule has 0 fully saturated rings. The minimum Gasteiger partial charge on any atom is -0.369 e. The van der Waals surface area contributed by atoms with Crippen molar-refractivity contribution in [3.63, 3.8) is 0 Å². The zero-order chi connectivity index (χ0) is 13.8. The van der Waals surface area contributed by atoms with Gasteiger partial charge in [-0.05, 0) is 6.42 Å². The van der Waals surface area contributed by atoms with Gasteiger partial charge in [-0.15, -0.1) is 0 Å². The first kappa shape index (κ1) is 16.9. The molecule has 1 amide bonds. The van der Waals surface area contributed by atoms with Crippen LogP contribution in [0.4, 0.5) is 0 Å². The molecule has 0 aromatic rings. The van der Waals surface area contributed by atoms with Gasteiger partial charge in [-0.25, -0.2) is 4.79 Å². The summed E-state index contributed by atoms with van der Waals surface area (Å²) < 4.78 is 0. The van der Waals surface area contributed by atoms with Gasteiger partial charge in [0.2, 0.25) is 5.91 Å². The Morgan fingerprint density at radius 3 is 2.17 bits per heavy atom. The highest BCUT2D eigenvalue weighted by Crippen LogP contribution is 2.15. The number of nitrogens with two attached hydrogens (primary N) is 1. The van der Waals surface area contributed by atoms with Gasteiger partial charge in [-0.2, -0.15) is 5.26 Å². The summed E-state index contributed by atoms with van der Waals surface area (Å²) in [4.78, 5) is 25.5. The first-order chi connectivity index (χ1) is 8.61. The largest absolute Gasteiger partial charge is 0.369 e. The van der Waals surface area contributed by atoms with E-state index in [0.717, 1.165) is 19.3 Å². The Kier molecular flexibility index (Phi) is 10.3. The van der Waals surface area contributed by atoms with Gasteiger partial charge in [-0.3, -0.25) is 4.79 Å². The second kappa shape index (κ2) is 11.0. The van der Waals surface area contributed by atoms with Crippen molar-refractivity contribution in [3.8, 4) is 0 Å². The highest BCUT2D eigenvalue weighted by Gasteiger charge is 2.19. The molecule has 0 aliphatic carbocycles. The van der Waals surface area contributed by atoms with E-state index < -0.39 is 17.8 Å². The predicted molar refractivity (Wildman–Crippen MR) is 68.6 cm³/mol. The quantitative estimate of drug-likeness (QED) is 0.339. The van der Waals surface area contributed by atoms with Crippen molar-refractivity contribution in [2.75, 3.05) is 0 Å². The molecule has 0 spiro atoms. The summed E-state index contributed by atoms with van der Waals surface area (Å²) in [5, 5.41) is 8.16. The SMILES string of the molecule is CCCCCCCCCC(CC(=O)OO)C(N)=O. The molecule has 0 radical (unpaired) electrons. The Morgan fingerprint density at radius 1 is 1.11 bits per heavy atom. The van der Waals surface area contributed by atoms with Gasteiger partial charge in [0.05, 0.1) is 6.42 Å². The Hall–Kier alpha value is -1.10. The van der Waals surface area contributed by atoms with E-state index in [4.69, 9.17) is 11.0 Å². The van der Waals surface area contributed by atoms with Gasteiger partial charge < -0.3 is 10.6 Å². The number of rotatable bonds is 11. The van der Waals surface area contributed by atoms with Gasteiger partial charge in [0.15, 0.2) is 0 Å². The zero-order valence-corrected chi connectivity index (χ0v) is 11.2. The third-order valence-electron chi connectivity index (χ3n) is 3.07. The maximum atomic E-state index is 11.1. The molecule has 0 aliphatic heterocycles. The molecular weight excluding hydrogens is 234 g/mol. The topological polar surface area (TPSA) is 89.6 Å². The van der Waals surface area contributed by atoms with Crippen LogP contribution < -0.4 is 5.73 Å². The molecule has 106 valence electrons. The van der Waals surface area contributed by atoms with E-state index in [-0.39, 0.29) is 6.42 Å². The van der Waals surface area contributed by atoms with Crippen molar-refractivity contribution >= 4 is 11.9 Å². The lowest BCUT2D eigenvalue weighted by atomic mass is 9.96. The van der Waals surface area contributed by atoms with Crippen molar-refractivity contribution in [1.29, 1.82) is 0 Å². The molecule has 5 nitrogen and oxygen atoms in total. The maximum absolute atomic E-state index is 11.1. The fourth-order valence-corrected chi connectivity index (χ4v) is 1.93. The molecule has 0 aromatic heterocycles. The van der Waals surface area contributed by atoms with Gasteiger partial charge >= 0.3 is 5.97 Å². The molecule has 0 heterocycles. The summed E-state index contributed by atoms with van der Waals surface area (Å²) >= 11 is 0. The molecule has 5 heteroatoms. The van der Waals surface area contributed by atoms with E-state index in [1.807, 2.05) is 0 Å². The van der Waals surface area contributed by atoms with Gasteiger partial charge in [0, 0.05) is 5.92 Å². The fraction of sp³-hybridized carbons (Fsp3) is 0.846. The van der Waals surface area contributed by atoms with Crippen molar-refractivity contribution in [1.82, 2.24) is 0 Å². The summed E-state index contributed by atoms with van der Waals surface area (Å²) in [6.07, 6.45) is 8.48. The monoisotopic (exact) mass is 259 g/mol. The summed E-state index contributed by atoms with van der Waals surface area (Å²) in [5.74, 6) is -1.84. The van der Waals surface area contributed by atoms with Crippen LogP contribution in [0.1, 0.15) is 64.7 Å². The molecule has 0 bridgehead atoms. The molecule has 0 saturated carbocycles. The summed E-state index contributed by atoms with van der Waals surface area (Å²) in [6.45, 7) is 2.18. The standard InChI is InChI=1S/C13H25NO4/c1-2-3-4-5-6-7-8-9-11(13(14)16)10-12(15)18-17/h11,17H,2-10H2,1H3,(H2,14,16). The van der Waals surface area contributed by atoms with Crippen LogP contribution in [-0.4, -0.2) is 17.1 Å². The Balaban J connectivity index is 3.65. The van der Waals surface area contributed by atoms with Crippen LogP contribution in [0, 0.1) is 5.92 Å². The van der Waals surface area contributed by atoms with Crippen molar-refractivity contribution in [2.45, 2.75) is 64.7 Å². The zero-order valence-electron chi connectivity index (χ0n) is 11.2. The average Bonchev–Trinajstić information content (AvgIpc) is 2.35. The van der Waals surface area contributed by atoms with E-state index in [2.05, 4.69) is 11.8 Å². The molecule has 3 N–H and O–H groups in total. The van der Waals surface area contributed by atoms with Gasteiger partial charge in [0.1, 0.15) is 0 Å². The Labute approximate surface area is 109 Å². The van der Waals surface area contributed by atoms with E-state index in [9.17, 15) is 9.59 Å². The van der Waals surface area contributed by atoms with Crippen LogP contribution in [-0.2, 0) is 14.5 Å². The van der Waals surface area contributed by atoms with Crippen LogP contribution in [0.2, 0.25) is 0 Å². The summed E-state index contributed by atoms with van der Waals surface area (Å²) in [6, 6.07) is 0. The van der Waals surface area contributed by atoms with Gasteiger partial charge in [-0.1, -0.05) is 51.9 Å². The third-order valence-corrected chi connectivity index (χ3v) is 3.07. The average molecular weight is 259 g/mol. The van der Waals surface area contributed by atoms with E-state index >= 15 is 0 Å². The van der Waals surface area contributed by atoms with Crippen LogP contribution in [0.15, 0.2) is 0 Å². The van der Waals surface area contributed by atoms with Crippen molar-refractivity contribution in [3.05, 3.63) is 0 Å². The lowest BCUT2D eigenvalue weighted by molar-refractivity contribution is -0.235. The summed E-state index contributed by atoms with van der Waals surface area (Å²) in [7, 11) is 0. The van der Waals surface area contributed by atoms with Gasteiger partial charge in [0.25, 0.3) is 0 Å². The second-order valence-electron chi connectivity index (χ2n) is 4.68. The number of carbonyl (C=O) groups excluding carboxylic acids is 2. The number of hydrogen-bond acceptors (Lipinski definition) is 4. The highest BCUT2D eigenvalue weighted by molar-refractivity contribution is 5.82. The molecule has 0 aromatic carbocycles. The molecule has 1 unspecified atom stereocenters. The number of primary amides is 1. The highest BCUT2D eigenvalue weighted by atomic mass is 17.1. The first-order valence-electron chi connectivity index (χ1n) is 6.75. The van der Waals surface area contributed by atoms with Crippen LogP contribution in [0.25, 0.3) is 0 Å². The molecule has 18 heavy (non-hydrogen) atoms.